The van der Waals surface area contributed by atoms with E-state index in [1.54, 1.807) is 0 Å². The van der Waals surface area contributed by atoms with Crippen molar-refractivity contribution in [3.05, 3.63) is 22.4 Å². The van der Waals surface area contributed by atoms with Gasteiger partial charge in [0.15, 0.2) is 0 Å². The topological polar surface area (TPSA) is 15.3 Å². The Kier molecular flexibility index (Phi) is 5.45. The van der Waals surface area contributed by atoms with Crippen molar-refractivity contribution in [2.24, 2.45) is 5.41 Å². The van der Waals surface area contributed by atoms with Crippen LogP contribution in [0, 0.1) is 5.41 Å². The van der Waals surface area contributed by atoms with E-state index in [4.69, 9.17) is 0 Å². The second kappa shape index (κ2) is 6.19. The Labute approximate surface area is 115 Å². The smallest absolute Gasteiger partial charge is 0.0410 e. The molecule has 4 heteroatoms. The molecule has 1 aliphatic heterocycles. The van der Waals surface area contributed by atoms with Crippen LogP contribution >= 0.6 is 23.7 Å². The molecule has 1 fully saturated rings. The van der Waals surface area contributed by atoms with E-state index in [1.165, 1.54) is 24.4 Å². The maximum absolute atomic E-state index is 3.47. The third-order valence-corrected chi connectivity index (χ3v) is 4.75. The predicted molar refractivity (Wildman–Crippen MR) is 78.2 cm³/mol. The van der Waals surface area contributed by atoms with Crippen LogP contribution in [0.4, 0.5) is 0 Å². The summed E-state index contributed by atoms with van der Waals surface area (Å²) in [5.74, 6) is 0. The molecule has 0 bridgehead atoms. The SMILES string of the molecule is CC(c1cccs1)N(C)CC1(C)CCNC1.Cl. The molecule has 0 aromatic carbocycles. The number of hydrogen-bond donors (Lipinski definition) is 1. The highest BCUT2D eigenvalue weighted by Crippen LogP contribution is 2.30. The van der Waals surface area contributed by atoms with Crippen molar-refractivity contribution in [3.63, 3.8) is 0 Å². The molecule has 0 aliphatic carbocycles. The first-order chi connectivity index (χ1) is 7.61. The first-order valence-electron chi connectivity index (χ1n) is 6.05. The third kappa shape index (κ3) is 3.68. The highest BCUT2D eigenvalue weighted by atomic mass is 35.5. The van der Waals surface area contributed by atoms with Gasteiger partial charge in [0.1, 0.15) is 0 Å². The van der Waals surface area contributed by atoms with E-state index >= 15 is 0 Å². The first-order valence-corrected chi connectivity index (χ1v) is 6.93. The number of thiophene rings is 1. The van der Waals surface area contributed by atoms with Crippen molar-refractivity contribution in [1.29, 1.82) is 0 Å². The average molecular weight is 275 g/mol. The Morgan fingerprint density at radius 1 is 1.59 bits per heavy atom. The number of nitrogens with one attached hydrogen (secondary N) is 1. The van der Waals surface area contributed by atoms with Crippen LogP contribution in [0.3, 0.4) is 0 Å². The van der Waals surface area contributed by atoms with E-state index in [2.05, 4.69) is 48.6 Å². The molecular weight excluding hydrogens is 252 g/mol. The van der Waals surface area contributed by atoms with Crippen molar-refractivity contribution < 1.29 is 0 Å². The lowest BCUT2D eigenvalue weighted by molar-refractivity contribution is 0.171. The monoisotopic (exact) mass is 274 g/mol. The quantitative estimate of drug-likeness (QED) is 0.907. The minimum Gasteiger partial charge on any atom is -0.316 e. The fraction of sp³-hybridized carbons (Fsp3) is 0.692. The maximum atomic E-state index is 3.47. The fourth-order valence-electron chi connectivity index (χ4n) is 2.49. The lowest BCUT2D eigenvalue weighted by atomic mass is 9.89. The number of hydrogen-bond acceptors (Lipinski definition) is 3. The molecule has 2 atom stereocenters. The molecule has 1 aromatic heterocycles. The van der Waals surface area contributed by atoms with Crippen LogP contribution in [0.15, 0.2) is 17.5 Å². The van der Waals surface area contributed by atoms with E-state index in [1.807, 2.05) is 11.3 Å². The lowest BCUT2D eigenvalue weighted by Gasteiger charge is -2.32. The summed E-state index contributed by atoms with van der Waals surface area (Å²) in [5, 5.41) is 5.63. The van der Waals surface area contributed by atoms with Crippen LogP contribution < -0.4 is 5.32 Å². The molecule has 1 aromatic rings. The van der Waals surface area contributed by atoms with Gasteiger partial charge >= 0.3 is 0 Å². The van der Waals surface area contributed by atoms with E-state index in [9.17, 15) is 0 Å². The Balaban J connectivity index is 0.00000144. The molecule has 17 heavy (non-hydrogen) atoms. The van der Waals surface area contributed by atoms with Gasteiger partial charge in [-0.1, -0.05) is 13.0 Å². The van der Waals surface area contributed by atoms with Gasteiger partial charge in [0.25, 0.3) is 0 Å². The highest BCUT2D eigenvalue weighted by molar-refractivity contribution is 7.10. The van der Waals surface area contributed by atoms with Crippen molar-refractivity contribution in [2.45, 2.75) is 26.3 Å². The van der Waals surface area contributed by atoms with E-state index in [0.717, 1.165) is 6.54 Å². The second-order valence-electron chi connectivity index (χ2n) is 5.34. The Bertz CT molecular complexity index is 320. The van der Waals surface area contributed by atoms with Gasteiger partial charge in [0, 0.05) is 24.0 Å². The van der Waals surface area contributed by atoms with Crippen LogP contribution in [-0.4, -0.2) is 31.6 Å². The van der Waals surface area contributed by atoms with Gasteiger partial charge in [-0.15, -0.1) is 23.7 Å². The number of rotatable bonds is 4. The zero-order valence-corrected chi connectivity index (χ0v) is 12.5. The zero-order chi connectivity index (χ0) is 11.6. The molecule has 0 radical (unpaired) electrons. The molecule has 0 saturated carbocycles. The second-order valence-corrected chi connectivity index (χ2v) is 6.32. The summed E-state index contributed by atoms with van der Waals surface area (Å²) < 4.78 is 0. The van der Waals surface area contributed by atoms with Crippen LogP contribution in [-0.2, 0) is 0 Å². The molecular formula is C13H23ClN2S. The van der Waals surface area contributed by atoms with Gasteiger partial charge in [-0.05, 0) is 43.8 Å². The normalized spacial score (nSPS) is 25.9. The van der Waals surface area contributed by atoms with Gasteiger partial charge < -0.3 is 5.32 Å². The van der Waals surface area contributed by atoms with E-state index in [0.29, 0.717) is 11.5 Å². The summed E-state index contributed by atoms with van der Waals surface area (Å²) in [6.07, 6.45) is 1.30. The van der Waals surface area contributed by atoms with Crippen molar-refractivity contribution in [3.8, 4) is 0 Å². The summed E-state index contributed by atoms with van der Waals surface area (Å²) in [6.45, 7) is 8.22. The Morgan fingerprint density at radius 3 is 2.88 bits per heavy atom. The fourth-order valence-corrected chi connectivity index (χ4v) is 3.34. The summed E-state index contributed by atoms with van der Waals surface area (Å²) >= 11 is 1.86. The third-order valence-electron chi connectivity index (χ3n) is 3.70. The largest absolute Gasteiger partial charge is 0.316 e. The van der Waals surface area contributed by atoms with Gasteiger partial charge in [0.2, 0.25) is 0 Å². The first kappa shape index (κ1) is 15.0. The summed E-state index contributed by atoms with van der Waals surface area (Å²) in [6, 6.07) is 4.92. The minimum atomic E-state index is 0. The number of nitrogens with zero attached hydrogens (tertiary/aromatic N) is 1. The van der Waals surface area contributed by atoms with Gasteiger partial charge in [-0.3, -0.25) is 4.90 Å². The van der Waals surface area contributed by atoms with Crippen LogP contribution in [0.5, 0.6) is 0 Å². The van der Waals surface area contributed by atoms with E-state index < -0.39 is 0 Å². The van der Waals surface area contributed by atoms with Crippen LogP contribution in [0.1, 0.15) is 31.2 Å². The zero-order valence-electron chi connectivity index (χ0n) is 10.9. The average Bonchev–Trinajstić information content (AvgIpc) is 2.87. The summed E-state index contributed by atoms with van der Waals surface area (Å²) in [4.78, 5) is 3.95. The van der Waals surface area contributed by atoms with Crippen molar-refractivity contribution >= 4 is 23.7 Å². The highest BCUT2D eigenvalue weighted by Gasteiger charge is 2.31. The molecule has 2 rings (SSSR count). The molecule has 1 aliphatic rings. The summed E-state index contributed by atoms with van der Waals surface area (Å²) in [7, 11) is 2.24. The van der Waals surface area contributed by atoms with Crippen LogP contribution in [0.25, 0.3) is 0 Å². The maximum Gasteiger partial charge on any atom is 0.0410 e. The van der Waals surface area contributed by atoms with Crippen LogP contribution in [0.2, 0.25) is 0 Å². The van der Waals surface area contributed by atoms with Gasteiger partial charge in [-0.2, -0.15) is 0 Å². The predicted octanol–water partition coefficient (Wildman–Crippen LogP) is 3.16. The van der Waals surface area contributed by atoms with Gasteiger partial charge in [-0.25, -0.2) is 0 Å². The molecule has 0 spiro atoms. The molecule has 2 heterocycles. The van der Waals surface area contributed by atoms with Crippen molar-refractivity contribution in [1.82, 2.24) is 10.2 Å². The molecule has 1 N–H and O–H groups in total. The van der Waals surface area contributed by atoms with Gasteiger partial charge in [0.05, 0.1) is 0 Å². The number of halogens is 1. The minimum absolute atomic E-state index is 0. The molecule has 98 valence electrons. The molecule has 2 nitrogen and oxygen atoms in total. The molecule has 0 amide bonds. The van der Waals surface area contributed by atoms with Crippen molar-refractivity contribution in [2.75, 3.05) is 26.7 Å². The molecule has 1 saturated heterocycles. The Morgan fingerprint density at radius 2 is 2.35 bits per heavy atom. The lowest BCUT2D eigenvalue weighted by Crippen LogP contribution is -2.36. The molecule has 2 unspecified atom stereocenters. The summed E-state index contributed by atoms with van der Waals surface area (Å²) in [5.41, 5.74) is 0.459. The standard InChI is InChI=1S/C13H22N2S.ClH/c1-11(12-5-4-8-16-12)15(3)10-13(2)6-7-14-9-13;/h4-5,8,11,14H,6-7,9-10H2,1-3H3;1H. The Hall–Kier alpha value is -0.0900. The van der Waals surface area contributed by atoms with E-state index in [-0.39, 0.29) is 12.4 Å².